The number of aryl methyl sites for hydroxylation is 1. The van der Waals surface area contributed by atoms with Crippen LogP contribution in [0.2, 0.25) is 0 Å². The van der Waals surface area contributed by atoms with E-state index < -0.39 is 0 Å². The number of methoxy groups -OCH3 is 1. The molecule has 0 aliphatic rings. The number of rotatable bonds is 6. The Morgan fingerprint density at radius 3 is 2.53 bits per heavy atom. The molecule has 0 unspecified atom stereocenters. The normalized spacial score (nSPS) is 10.5. The highest BCUT2D eigenvalue weighted by molar-refractivity contribution is 5.36. The lowest BCUT2D eigenvalue weighted by atomic mass is 10.3. The molecule has 2 N–H and O–H groups in total. The monoisotopic (exact) mass is 261 g/mol. The van der Waals surface area contributed by atoms with Crippen LogP contribution in [0.25, 0.3) is 0 Å². The molecule has 0 atom stereocenters. The molecular weight excluding hydrogens is 242 g/mol. The fourth-order valence-electron chi connectivity index (χ4n) is 1.77. The summed E-state index contributed by atoms with van der Waals surface area (Å²) in [6.45, 7) is 3.46. The zero-order chi connectivity index (χ0) is 13.7. The molecule has 2 rings (SSSR count). The Morgan fingerprint density at radius 2 is 1.89 bits per heavy atom. The second-order valence-electron chi connectivity index (χ2n) is 4.24. The van der Waals surface area contributed by atoms with Crippen LogP contribution in [-0.2, 0) is 6.54 Å². The van der Waals surface area contributed by atoms with Crippen molar-refractivity contribution in [1.29, 1.82) is 0 Å². The van der Waals surface area contributed by atoms with Crippen LogP contribution in [-0.4, -0.2) is 23.4 Å². The summed E-state index contributed by atoms with van der Waals surface area (Å²) in [6, 6.07) is 7.47. The van der Waals surface area contributed by atoms with E-state index >= 15 is 0 Å². The summed E-state index contributed by atoms with van der Waals surface area (Å²) >= 11 is 0. The standard InChI is InChI=1S/C14H19N3O2/c1-11-14(10-16-17(11)9-3-8-15)19-13-6-4-12(18-2)5-7-13/h4-7,10H,3,8-9,15H2,1-2H3. The van der Waals surface area contributed by atoms with E-state index in [1.165, 1.54) is 0 Å². The minimum absolute atomic E-state index is 0.661. The predicted octanol–water partition coefficient (Wildman–Crippen LogP) is 2.34. The van der Waals surface area contributed by atoms with E-state index in [9.17, 15) is 0 Å². The summed E-state index contributed by atoms with van der Waals surface area (Å²) in [5, 5.41) is 4.29. The lowest BCUT2D eigenvalue weighted by Crippen LogP contribution is -2.08. The number of hydrogen-bond donors (Lipinski definition) is 1. The third-order valence-electron chi connectivity index (χ3n) is 2.92. The number of ether oxygens (including phenoxy) is 2. The topological polar surface area (TPSA) is 62.3 Å². The maximum absolute atomic E-state index is 5.80. The quantitative estimate of drug-likeness (QED) is 0.867. The van der Waals surface area contributed by atoms with Gasteiger partial charge in [0, 0.05) is 6.54 Å². The lowest BCUT2D eigenvalue weighted by molar-refractivity contribution is 0.412. The molecule has 0 saturated carbocycles. The van der Waals surface area contributed by atoms with Crippen molar-refractivity contribution >= 4 is 0 Å². The molecule has 5 nitrogen and oxygen atoms in total. The third kappa shape index (κ3) is 3.26. The van der Waals surface area contributed by atoms with Crippen molar-refractivity contribution in [2.45, 2.75) is 19.9 Å². The highest BCUT2D eigenvalue weighted by Gasteiger charge is 2.08. The SMILES string of the molecule is COc1ccc(Oc2cnn(CCCN)c2C)cc1. The van der Waals surface area contributed by atoms with Crippen molar-refractivity contribution in [2.24, 2.45) is 5.73 Å². The van der Waals surface area contributed by atoms with Gasteiger partial charge in [-0.25, -0.2) is 0 Å². The van der Waals surface area contributed by atoms with E-state index in [2.05, 4.69) is 5.10 Å². The second kappa shape index (κ2) is 6.24. The third-order valence-corrected chi connectivity index (χ3v) is 2.92. The molecule has 102 valence electrons. The average molecular weight is 261 g/mol. The Kier molecular flexibility index (Phi) is 4.41. The van der Waals surface area contributed by atoms with Crippen LogP contribution < -0.4 is 15.2 Å². The van der Waals surface area contributed by atoms with Crippen molar-refractivity contribution in [1.82, 2.24) is 9.78 Å². The van der Waals surface area contributed by atoms with Crippen LogP contribution in [0.5, 0.6) is 17.2 Å². The molecule has 1 aromatic carbocycles. The van der Waals surface area contributed by atoms with Crippen LogP contribution in [0.4, 0.5) is 0 Å². The molecule has 1 aromatic heterocycles. The smallest absolute Gasteiger partial charge is 0.168 e. The summed E-state index contributed by atoms with van der Waals surface area (Å²) in [5.74, 6) is 2.34. The highest BCUT2D eigenvalue weighted by atomic mass is 16.5. The first-order valence-corrected chi connectivity index (χ1v) is 6.29. The van der Waals surface area contributed by atoms with Crippen molar-refractivity contribution < 1.29 is 9.47 Å². The van der Waals surface area contributed by atoms with E-state index in [1.807, 2.05) is 35.9 Å². The van der Waals surface area contributed by atoms with Crippen molar-refractivity contribution in [3.63, 3.8) is 0 Å². The molecule has 0 aliphatic carbocycles. The predicted molar refractivity (Wildman–Crippen MR) is 73.7 cm³/mol. The zero-order valence-electron chi connectivity index (χ0n) is 11.3. The second-order valence-corrected chi connectivity index (χ2v) is 4.24. The van der Waals surface area contributed by atoms with Crippen molar-refractivity contribution in [3.8, 4) is 17.2 Å². The number of nitrogens with two attached hydrogens (primary N) is 1. The first-order valence-electron chi connectivity index (χ1n) is 6.29. The highest BCUT2D eigenvalue weighted by Crippen LogP contribution is 2.26. The molecule has 19 heavy (non-hydrogen) atoms. The zero-order valence-corrected chi connectivity index (χ0v) is 11.3. The molecule has 0 aliphatic heterocycles. The maximum Gasteiger partial charge on any atom is 0.168 e. The molecule has 1 heterocycles. The van der Waals surface area contributed by atoms with Crippen LogP contribution in [0.3, 0.4) is 0 Å². The molecule has 0 radical (unpaired) electrons. The van der Waals surface area contributed by atoms with Gasteiger partial charge in [0.25, 0.3) is 0 Å². The summed E-state index contributed by atoms with van der Waals surface area (Å²) in [4.78, 5) is 0. The Labute approximate surface area is 112 Å². The van der Waals surface area contributed by atoms with Gasteiger partial charge in [-0.05, 0) is 44.2 Å². The average Bonchev–Trinajstić information content (AvgIpc) is 2.78. The number of hydrogen-bond acceptors (Lipinski definition) is 4. The number of nitrogens with zero attached hydrogens (tertiary/aromatic N) is 2. The van der Waals surface area contributed by atoms with Gasteiger partial charge in [0.1, 0.15) is 11.5 Å². The van der Waals surface area contributed by atoms with Crippen LogP contribution in [0, 0.1) is 6.92 Å². The van der Waals surface area contributed by atoms with E-state index in [0.717, 1.165) is 35.9 Å². The van der Waals surface area contributed by atoms with Gasteiger partial charge in [0.05, 0.1) is 19.0 Å². The minimum atomic E-state index is 0.661. The van der Waals surface area contributed by atoms with Gasteiger partial charge in [-0.2, -0.15) is 5.10 Å². The van der Waals surface area contributed by atoms with Gasteiger partial charge in [-0.1, -0.05) is 0 Å². The van der Waals surface area contributed by atoms with E-state index in [0.29, 0.717) is 6.54 Å². The molecule has 0 bridgehead atoms. The van der Waals surface area contributed by atoms with Crippen LogP contribution in [0.1, 0.15) is 12.1 Å². The van der Waals surface area contributed by atoms with Gasteiger partial charge in [0.2, 0.25) is 0 Å². The Hall–Kier alpha value is -2.01. The van der Waals surface area contributed by atoms with Crippen LogP contribution >= 0.6 is 0 Å². The molecule has 0 saturated heterocycles. The fourth-order valence-corrected chi connectivity index (χ4v) is 1.77. The Bertz CT molecular complexity index is 520. The number of aromatic nitrogens is 2. The van der Waals surface area contributed by atoms with E-state index in [-0.39, 0.29) is 0 Å². The fraction of sp³-hybridized carbons (Fsp3) is 0.357. The van der Waals surface area contributed by atoms with E-state index in [4.69, 9.17) is 15.2 Å². The van der Waals surface area contributed by atoms with Gasteiger partial charge >= 0.3 is 0 Å². The number of benzene rings is 1. The Morgan fingerprint density at radius 1 is 1.21 bits per heavy atom. The van der Waals surface area contributed by atoms with Gasteiger partial charge in [-0.15, -0.1) is 0 Å². The molecule has 5 heteroatoms. The van der Waals surface area contributed by atoms with Crippen LogP contribution in [0.15, 0.2) is 30.5 Å². The van der Waals surface area contributed by atoms with Crippen molar-refractivity contribution in [3.05, 3.63) is 36.2 Å². The summed E-state index contributed by atoms with van der Waals surface area (Å²) in [7, 11) is 1.64. The van der Waals surface area contributed by atoms with Crippen molar-refractivity contribution in [2.75, 3.05) is 13.7 Å². The summed E-state index contributed by atoms with van der Waals surface area (Å²) in [5.41, 5.74) is 6.50. The first-order chi connectivity index (χ1) is 9.24. The summed E-state index contributed by atoms with van der Waals surface area (Å²) in [6.07, 6.45) is 2.64. The summed E-state index contributed by atoms with van der Waals surface area (Å²) < 4.78 is 12.8. The molecule has 0 fully saturated rings. The largest absolute Gasteiger partial charge is 0.497 e. The van der Waals surface area contributed by atoms with Gasteiger partial charge < -0.3 is 15.2 Å². The molecule has 2 aromatic rings. The van der Waals surface area contributed by atoms with Gasteiger partial charge in [0.15, 0.2) is 5.75 Å². The Balaban J connectivity index is 2.07. The molecular formula is C14H19N3O2. The first kappa shape index (κ1) is 13.4. The lowest BCUT2D eigenvalue weighted by Gasteiger charge is -2.07. The van der Waals surface area contributed by atoms with Gasteiger partial charge in [-0.3, -0.25) is 4.68 Å². The minimum Gasteiger partial charge on any atom is -0.497 e. The van der Waals surface area contributed by atoms with E-state index in [1.54, 1.807) is 13.3 Å². The molecule has 0 amide bonds. The molecule has 0 spiro atoms. The maximum atomic E-state index is 5.80.